The molecule has 0 spiro atoms. The van der Waals surface area contributed by atoms with Crippen molar-refractivity contribution in [1.82, 2.24) is 10.2 Å². The van der Waals surface area contributed by atoms with Crippen LogP contribution in [0.4, 0.5) is 5.82 Å². The number of aromatic amines is 1. The van der Waals surface area contributed by atoms with Crippen molar-refractivity contribution in [3.8, 4) is 0 Å². The molecule has 0 aromatic carbocycles. The molecule has 10 heavy (non-hydrogen) atoms. The molecule has 0 radical (unpaired) electrons. The first-order valence-electron chi connectivity index (χ1n) is 2.92. The van der Waals surface area contributed by atoms with Crippen molar-refractivity contribution in [2.24, 2.45) is 0 Å². The Bertz CT molecular complexity index is 277. The van der Waals surface area contributed by atoms with Crippen LogP contribution in [0.5, 0.6) is 0 Å². The van der Waals surface area contributed by atoms with E-state index in [1.54, 1.807) is 6.20 Å². The summed E-state index contributed by atoms with van der Waals surface area (Å²) in [6.45, 7) is 0.374. The Hall–Kier alpha value is -1.52. The van der Waals surface area contributed by atoms with Crippen molar-refractivity contribution in [2.45, 2.75) is 6.54 Å². The Kier molecular flexibility index (Phi) is 0.913. The van der Waals surface area contributed by atoms with E-state index >= 15 is 0 Å². The highest BCUT2D eigenvalue weighted by molar-refractivity contribution is 5.72. The summed E-state index contributed by atoms with van der Waals surface area (Å²) in [5, 5.41) is 19.9. The molecule has 0 bridgehead atoms. The fraction of sp³-hybridized carbons (Fsp3) is 0.200. The smallest absolute Gasteiger partial charge is 0.244 e. The highest BCUT2D eigenvalue weighted by Crippen LogP contribution is 2.12. The molecule has 1 aromatic rings. The van der Waals surface area contributed by atoms with Gasteiger partial charge < -0.3 is 5.21 Å². The fourth-order valence-electron chi connectivity index (χ4n) is 0.907. The lowest BCUT2D eigenvalue weighted by atomic mass is 10.3. The first-order chi connectivity index (χ1) is 4.86. The van der Waals surface area contributed by atoms with E-state index in [2.05, 4.69) is 15.5 Å². The molecular formula is C5H6N4O. The number of hydrogen-bond donors (Lipinski definition) is 2. The summed E-state index contributed by atoms with van der Waals surface area (Å²) in [4.78, 5) is 0. The van der Waals surface area contributed by atoms with Crippen molar-refractivity contribution in [2.75, 3.05) is 5.32 Å². The predicted octanol–water partition coefficient (Wildman–Crippen LogP) is -0.126. The van der Waals surface area contributed by atoms with Gasteiger partial charge in [0.15, 0.2) is 0 Å². The van der Waals surface area contributed by atoms with E-state index in [4.69, 9.17) is 0 Å². The Morgan fingerprint density at radius 3 is 3.50 bits per heavy atom. The Labute approximate surface area is 57.0 Å². The van der Waals surface area contributed by atoms with Gasteiger partial charge in [0.2, 0.25) is 12.2 Å². The van der Waals surface area contributed by atoms with Gasteiger partial charge in [-0.1, -0.05) is 0 Å². The van der Waals surface area contributed by atoms with Gasteiger partial charge in [-0.25, -0.2) is 5.32 Å². The van der Waals surface area contributed by atoms with E-state index in [0.717, 1.165) is 16.1 Å². The van der Waals surface area contributed by atoms with Crippen LogP contribution < -0.4 is 5.32 Å². The number of H-pyrrole nitrogens is 1. The van der Waals surface area contributed by atoms with Crippen molar-refractivity contribution in [3.63, 3.8) is 0 Å². The lowest BCUT2D eigenvalue weighted by molar-refractivity contribution is -0.471. The zero-order valence-electron chi connectivity index (χ0n) is 5.16. The number of hydroxylamine groups is 1. The predicted molar refractivity (Wildman–Crippen MR) is 35.6 cm³/mol. The number of anilines is 1. The third kappa shape index (κ3) is 0.637. The Balaban J connectivity index is 2.39. The first kappa shape index (κ1) is 5.28. The summed E-state index contributed by atoms with van der Waals surface area (Å²) in [6.07, 6.45) is 3.06. The second kappa shape index (κ2) is 1.73. The maximum Gasteiger partial charge on any atom is 0.244 e. The minimum absolute atomic E-state index is 0.374. The monoisotopic (exact) mass is 138 g/mol. The zero-order valence-corrected chi connectivity index (χ0v) is 5.16. The molecular weight excluding hydrogens is 132 g/mol. The van der Waals surface area contributed by atoms with Crippen LogP contribution >= 0.6 is 0 Å². The minimum Gasteiger partial charge on any atom is -0.715 e. The third-order valence-corrected chi connectivity index (χ3v) is 1.39. The van der Waals surface area contributed by atoms with Gasteiger partial charge in [0.1, 0.15) is 6.54 Å². The third-order valence-electron chi connectivity index (χ3n) is 1.39. The summed E-state index contributed by atoms with van der Waals surface area (Å²) in [5.41, 5.74) is 0.900. The number of rotatable bonds is 0. The average molecular weight is 138 g/mol. The second-order valence-electron chi connectivity index (χ2n) is 2.11. The SMILES string of the molecule is [O-][N+]1=CNc2n[nH]cc2C1. The molecule has 2 rings (SSSR count). The molecule has 1 aliphatic heterocycles. The summed E-state index contributed by atoms with van der Waals surface area (Å²) >= 11 is 0. The van der Waals surface area contributed by atoms with Crippen molar-refractivity contribution in [1.29, 1.82) is 0 Å². The lowest BCUT2D eigenvalue weighted by Crippen LogP contribution is -2.17. The molecule has 0 aliphatic carbocycles. The van der Waals surface area contributed by atoms with Gasteiger partial charge in [0, 0.05) is 6.20 Å². The fourth-order valence-corrected chi connectivity index (χ4v) is 0.907. The van der Waals surface area contributed by atoms with Crippen LogP contribution in [0.1, 0.15) is 5.56 Å². The van der Waals surface area contributed by atoms with Gasteiger partial charge in [-0.3, -0.25) is 9.84 Å². The molecule has 0 atom stereocenters. The Morgan fingerprint density at radius 1 is 1.70 bits per heavy atom. The van der Waals surface area contributed by atoms with E-state index < -0.39 is 0 Å². The molecule has 5 heteroatoms. The van der Waals surface area contributed by atoms with E-state index in [1.807, 2.05) is 0 Å². The molecule has 0 saturated carbocycles. The number of hydrogen-bond acceptors (Lipinski definition) is 3. The molecule has 2 N–H and O–H groups in total. The highest BCUT2D eigenvalue weighted by atomic mass is 16.5. The molecule has 0 saturated heterocycles. The maximum absolute atomic E-state index is 10.7. The number of aromatic nitrogens is 2. The first-order valence-corrected chi connectivity index (χ1v) is 2.92. The van der Waals surface area contributed by atoms with Crippen molar-refractivity contribution < 1.29 is 4.74 Å². The van der Waals surface area contributed by atoms with E-state index in [1.165, 1.54) is 6.34 Å². The zero-order chi connectivity index (χ0) is 6.97. The van der Waals surface area contributed by atoms with Crippen LogP contribution in [0.2, 0.25) is 0 Å². The van der Waals surface area contributed by atoms with Crippen molar-refractivity contribution >= 4 is 12.2 Å². The summed E-state index contributed by atoms with van der Waals surface area (Å²) in [7, 11) is 0. The van der Waals surface area contributed by atoms with Gasteiger partial charge in [-0.05, 0) is 0 Å². The van der Waals surface area contributed by atoms with Gasteiger partial charge in [-0.15, -0.1) is 5.10 Å². The molecule has 0 fully saturated rings. The lowest BCUT2D eigenvalue weighted by Gasteiger charge is -2.11. The summed E-state index contributed by atoms with van der Waals surface area (Å²) < 4.78 is 0.817. The quantitative estimate of drug-likeness (QED) is 0.387. The standard InChI is InChI=1S/C5H6N4O/c10-9-2-4-1-7-8-5(4)6-3-9/h1,3H,2H2,(H2,6,7,8). The second-order valence-corrected chi connectivity index (χ2v) is 2.11. The average Bonchev–Trinajstić information content (AvgIpc) is 2.33. The van der Waals surface area contributed by atoms with Gasteiger partial charge in [-0.2, -0.15) is 0 Å². The number of nitrogens with one attached hydrogen (secondary N) is 2. The van der Waals surface area contributed by atoms with Crippen LogP contribution in [0.3, 0.4) is 0 Å². The largest absolute Gasteiger partial charge is 0.715 e. The molecule has 52 valence electrons. The van der Waals surface area contributed by atoms with Crippen LogP contribution in [-0.4, -0.2) is 21.3 Å². The van der Waals surface area contributed by atoms with Gasteiger partial charge in [0.25, 0.3) is 0 Å². The van der Waals surface area contributed by atoms with Crippen LogP contribution in [0.15, 0.2) is 6.20 Å². The van der Waals surface area contributed by atoms with Crippen molar-refractivity contribution in [3.05, 3.63) is 17.0 Å². The minimum atomic E-state index is 0.374. The number of fused-ring (bicyclic) bond motifs is 1. The molecule has 0 unspecified atom stereocenters. The van der Waals surface area contributed by atoms with E-state index in [9.17, 15) is 5.21 Å². The topological polar surface area (TPSA) is 66.8 Å². The van der Waals surface area contributed by atoms with Gasteiger partial charge in [0.05, 0.1) is 5.56 Å². The normalized spacial score (nSPS) is 15.4. The van der Waals surface area contributed by atoms with Gasteiger partial charge >= 0.3 is 0 Å². The molecule has 2 heterocycles. The molecule has 5 nitrogen and oxygen atoms in total. The van der Waals surface area contributed by atoms with Crippen LogP contribution in [-0.2, 0) is 6.54 Å². The van der Waals surface area contributed by atoms with Crippen LogP contribution in [0.25, 0.3) is 0 Å². The molecule has 1 aromatic heterocycles. The number of nitrogens with zero attached hydrogens (tertiary/aromatic N) is 2. The highest BCUT2D eigenvalue weighted by Gasteiger charge is 2.13. The Morgan fingerprint density at radius 2 is 2.60 bits per heavy atom. The summed E-state index contributed by atoms with van der Waals surface area (Å²) in [6, 6.07) is 0. The molecule has 0 amide bonds. The molecule has 1 aliphatic rings. The van der Waals surface area contributed by atoms with E-state index in [0.29, 0.717) is 6.54 Å². The summed E-state index contributed by atoms with van der Waals surface area (Å²) in [5.74, 6) is 0.743. The van der Waals surface area contributed by atoms with E-state index in [-0.39, 0.29) is 0 Å². The van der Waals surface area contributed by atoms with Crippen LogP contribution in [0, 0.1) is 5.21 Å². The maximum atomic E-state index is 10.7.